The van der Waals surface area contributed by atoms with Crippen molar-refractivity contribution in [3.05, 3.63) is 41.5 Å². The van der Waals surface area contributed by atoms with Crippen LogP contribution >= 0.6 is 0 Å². The number of carbonyl (C=O) groups is 1. The van der Waals surface area contributed by atoms with Gasteiger partial charge in [0.25, 0.3) is 0 Å². The zero-order valence-corrected chi connectivity index (χ0v) is 20.5. The minimum Gasteiger partial charge on any atom is -0.353 e. The SMILES string of the molecule is C=C(CC(NC(=O)CC/C(C)=N/c1ccc(CC)cc1C)C1CCCCC1)CN(C)C. The van der Waals surface area contributed by atoms with Crippen molar-refractivity contribution in [1.29, 1.82) is 0 Å². The van der Waals surface area contributed by atoms with Crippen molar-refractivity contribution in [2.24, 2.45) is 10.9 Å². The van der Waals surface area contributed by atoms with Crippen molar-refractivity contribution in [3.8, 4) is 0 Å². The molecule has 1 atom stereocenters. The molecular weight excluding hydrogens is 382 g/mol. The van der Waals surface area contributed by atoms with Gasteiger partial charge >= 0.3 is 0 Å². The molecule has 1 aliphatic rings. The summed E-state index contributed by atoms with van der Waals surface area (Å²) in [5.41, 5.74) is 5.74. The van der Waals surface area contributed by atoms with Crippen LogP contribution in [0.2, 0.25) is 0 Å². The summed E-state index contributed by atoms with van der Waals surface area (Å²) in [6.45, 7) is 11.4. The Morgan fingerprint density at radius 3 is 2.55 bits per heavy atom. The van der Waals surface area contributed by atoms with E-state index in [-0.39, 0.29) is 11.9 Å². The molecule has 4 heteroatoms. The van der Waals surface area contributed by atoms with Crippen LogP contribution in [-0.2, 0) is 11.2 Å². The van der Waals surface area contributed by atoms with Crippen LogP contribution in [0, 0.1) is 12.8 Å². The summed E-state index contributed by atoms with van der Waals surface area (Å²) in [7, 11) is 4.14. The van der Waals surface area contributed by atoms with E-state index in [2.05, 4.69) is 62.9 Å². The second-order valence-corrected chi connectivity index (χ2v) is 9.59. The Hall–Kier alpha value is -1.94. The maximum atomic E-state index is 12.8. The predicted octanol–water partition coefficient (Wildman–Crippen LogP) is 6.00. The van der Waals surface area contributed by atoms with Gasteiger partial charge in [0.05, 0.1) is 5.69 Å². The molecule has 0 aromatic heterocycles. The normalized spacial score (nSPS) is 16.4. The summed E-state index contributed by atoms with van der Waals surface area (Å²) in [6.07, 6.45) is 9.41. The monoisotopic (exact) mass is 425 g/mol. The average Bonchev–Trinajstić information content (AvgIpc) is 2.73. The minimum absolute atomic E-state index is 0.140. The van der Waals surface area contributed by atoms with Crippen LogP contribution in [-0.4, -0.2) is 43.2 Å². The number of benzene rings is 1. The lowest BCUT2D eigenvalue weighted by molar-refractivity contribution is -0.122. The van der Waals surface area contributed by atoms with Crippen LogP contribution in [0.4, 0.5) is 5.69 Å². The van der Waals surface area contributed by atoms with Gasteiger partial charge in [-0.05, 0) is 83.2 Å². The second kappa shape index (κ2) is 12.8. The summed E-state index contributed by atoms with van der Waals surface area (Å²) < 4.78 is 0. The first-order valence-electron chi connectivity index (χ1n) is 12.0. The molecule has 1 aromatic rings. The highest BCUT2D eigenvalue weighted by atomic mass is 16.1. The summed E-state index contributed by atoms with van der Waals surface area (Å²) in [5, 5.41) is 3.36. The second-order valence-electron chi connectivity index (χ2n) is 9.59. The molecular formula is C27H43N3O. The van der Waals surface area contributed by atoms with Gasteiger partial charge in [-0.1, -0.05) is 50.5 Å². The Morgan fingerprint density at radius 2 is 1.94 bits per heavy atom. The molecule has 1 aliphatic carbocycles. The van der Waals surface area contributed by atoms with Crippen LogP contribution in [0.25, 0.3) is 0 Å². The van der Waals surface area contributed by atoms with Gasteiger partial charge in [-0.2, -0.15) is 0 Å². The van der Waals surface area contributed by atoms with Crippen molar-refractivity contribution in [3.63, 3.8) is 0 Å². The lowest BCUT2D eigenvalue weighted by Crippen LogP contribution is -2.42. The molecule has 1 fully saturated rings. The van der Waals surface area contributed by atoms with Crippen LogP contribution in [0.15, 0.2) is 35.3 Å². The topological polar surface area (TPSA) is 44.7 Å². The first-order chi connectivity index (χ1) is 14.8. The van der Waals surface area contributed by atoms with E-state index < -0.39 is 0 Å². The first-order valence-corrected chi connectivity index (χ1v) is 12.0. The molecule has 0 radical (unpaired) electrons. The predicted molar refractivity (Wildman–Crippen MR) is 133 cm³/mol. The molecule has 31 heavy (non-hydrogen) atoms. The fraction of sp³-hybridized carbons (Fsp3) is 0.630. The molecule has 1 amide bonds. The van der Waals surface area contributed by atoms with E-state index in [1.807, 2.05) is 6.92 Å². The number of nitrogens with zero attached hydrogens (tertiary/aromatic N) is 2. The largest absolute Gasteiger partial charge is 0.353 e. The zero-order chi connectivity index (χ0) is 22.8. The van der Waals surface area contributed by atoms with Crippen LogP contribution in [0.1, 0.15) is 76.3 Å². The maximum Gasteiger partial charge on any atom is 0.220 e. The maximum absolute atomic E-state index is 12.8. The van der Waals surface area contributed by atoms with E-state index >= 15 is 0 Å². The fourth-order valence-electron chi connectivity index (χ4n) is 4.59. The number of nitrogens with one attached hydrogen (secondary N) is 1. The quantitative estimate of drug-likeness (QED) is 0.349. The molecule has 0 spiro atoms. The van der Waals surface area contributed by atoms with Crippen molar-refractivity contribution < 1.29 is 4.79 Å². The number of amides is 1. The molecule has 0 saturated heterocycles. The lowest BCUT2D eigenvalue weighted by atomic mass is 9.81. The summed E-state index contributed by atoms with van der Waals surface area (Å²) >= 11 is 0. The number of hydrogen-bond donors (Lipinski definition) is 1. The third kappa shape index (κ3) is 8.98. The highest BCUT2D eigenvalue weighted by Gasteiger charge is 2.25. The van der Waals surface area contributed by atoms with E-state index in [1.165, 1.54) is 48.8 Å². The molecule has 0 bridgehead atoms. The van der Waals surface area contributed by atoms with E-state index in [9.17, 15) is 4.79 Å². The standard InChI is InChI=1S/C27H43N3O/c1-7-23-14-15-25(21(3)18-23)28-22(4)13-16-27(31)29-26(17-20(2)19-30(5)6)24-11-9-8-10-12-24/h14-15,18,24,26H,2,7-13,16-17,19H2,1,3-6H3,(H,29,31)/b28-22+. The van der Waals surface area contributed by atoms with Crippen molar-refractivity contribution in [1.82, 2.24) is 10.2 Å². The third-order valence-corrected chi connectivity index (χ3v) is 6.31. The Kier molecular flexibility index (Phi) is 10.5. The Balaban J connectivity index is 1.93. The molecule has 1 aromatic carbocycles. The van der Waals surface area contributed by atoms with E-state index in [0.717, 1.165) is 30.8 Å². The minimum atomic E-state index is 0.140. The fourth-order valence-corrected chi connectivity index (χ4v) is 4.59. The van der Waals surface area contributed by atoms with E-state index in [4.69, 9.17) is 4.99 Å². The van der Waals surface area contributed by atoms with Crippen molar-refractivity contribution >= 4 is 17.3 Å². The first kappa shape index (κ1) is 25.3. The molecule has 1 N–H and O–H groups in total. The van der Waals surface area contributed by atoms with Crippen molar-refractivity contribution in [2.75, 3.05) is 20.6 Å². The van der Waals surface area contributed by atoms with Gasteiger partial charge < -0.3 is 10.2 Å². The highest BCUT2D eigenvalue weighted by molar-refractivity contribution is 5.89. The number of aliphatic imine (C=N–C) groups is 1. The highest BCUT2D eigenvalue weighted by Crippen LogP contribution is 2.29. The Bertz CT molecular complexity index is 760. The van der Waals surface area contributed by atoms with Gasteiger partial charge in [0.15, 0.2) is 0 Å². The Morgan fingerprint density at radius 1 is 1.23 bits per heavy atom. The van der Waals surface area contributed by atoms with Crippen LogP contribution in [0.3, 0.4) is 0 Å². The zero-order valence-electron chi connectivity index (χ0n) is 20.5. The Labute approximate surface area is 190 Å². The van der Waals surface area contributed by atoms with E-state index in [0.29, 0.717) is 18.8 Å². The lowest BCUT2D eigenvalue weighted by Gasteiger charge is -2.32. The molecule has 0 heterocycles. The van der Waals surface area contributed by atoms with Gasteiger partial charge in [0, 0.05) is 24.7 Å². The molecule has 1 unspecified atom stereocenters. The van der Waals surface area contributed by atoms with Crippen LogP contribution in [0.5, 0.6) is 0 Å². The molecule has 1 saturated carbocycles. The van der Waals surface area contributed by atoms with Crippen molar-refractivity contribution in [2.45, 2.75) is 84.6 Å². The van der Waals surface area contributed by atoms with Gasteiger partial charge in [-0.15, -0.1) is 0 Å². The molecule has 172 valence electrons. The molecule has 2 rings (SSSR count). The van der Waals surface area contributed by atoms with Gasteiger partial charge in [0.1, 0.15) is 0 Å². The smallest absolute Gasteiger partial charge is 0.220 e. The number of carbonyl (C=O) groups excluding carboxylic acids is 1. The summed E-state index contributed by atoms with van der Waals surface area (Å²) in [4.78, 5) is 19.7. The molecule has 4 nitrogen and oxygen atoms in total. The number of hydrogen-bond acceptors (Lipinski definition) is 3. The number of aryl methyl sites for hydroxylation is 2. The van der Waals surface area contributed by atoms with Crippen LogP contribution < -0.4 is 5.32 Å². The average molecular weight is 426 g/mol. The van der Waals surface area contributed by atoms with E-state index in [1.54, 1.807) is 0 Å². The summed E-state index contributed by atoms with van der Waals surface area (Å²) in [5.74, 6) is 0.715. The number of likely N-dealkylation sites (N-methyl/N-ethyl adjacent to an activating group) is 1. The number of rotatable bonds is 11. The van der Waals surface area contributed by atoms with Gasteiger partial charge in [0.2, 0.25) is 5.91 Å². The van der Waals surface area contributed by atoms with Gasteiger partial charge in [-0.3, -0.25) is 9.79 Å². The third-order valence-electron chi connectivity index (χ3n) is 6.31. The summed E-state index contributed by atoms with van der Waals surface area (Å²) in [6, 6.07) is 6.64. The molecule has 0 aliphatic heterocycles. The van der Waals surface area contributed by atoms with Gasteiger partial charge in [-0.25, -0.2) is 0 Å².